The van der Waals surface area contributed by atoms with Crippen molar-refractivity contribution in [1.82, 2.24) is 10.2 Å². The van der Waals surface area contributed by atoms with Gasteiger partial charge < -0.3 is 10.4 Å². The maximum absolute atomic E-state index is 13.2. The minimum absolute atomic E-state index is 0.0208. The standard InChI is InChI=1S/C18H21FN2O3S/c1-12(2)21(11-17(23)24)10-16(22)20-18(15-4-3-9-25-15)13-5-7-14(19)8-6-13/h3-9,12,18H,10-11H2,1-2H3,(H,20,22)(H,23,24). The van der Waals surface area contributed by atoms with Gasteiger partial charge in [-0.1, -0.05) is 18.2 Å². The molecule has 1 atom stereocenters. The summed E-state index contributed by atoms with van der Waals surface area (Å²) < 4.78 is 13.2. The van der Waals surface area contributed by atoms with Crippen LogP contribution < -0.4 is 5.32 Å². The van der Waals surface area contributed by atoms with Crippen LogP contribution in [0.2, 0.25) is 0 Å². The van der Waals surface area contributed by atoms with E-state index >= 15 is 0 Å². The van der Waals surface area contributed by atoms with Gasteiger partial charge in [0.1, 0.15) is 5.82 Å². The molecule has 134 valence electrons. The van der Waals surface area contributed by atoms with Crippen LogP contribution >= 0.6 is 11.3 Å². The van der Waals surface area contributed by atoms with Gasteiger partial charge in [-0.2, -0.15) is 0 Å². The van der Waals surface area contributed by atoms with Crippen LogP contribution in [0.5, 0.6) is 0 Å². The Bertz CT molecular complexity index is 702. The molecule has 2 N–H and O–H groups in total. The van der Waals surface area contributed by atoms with Crippen LogP contribution in [0.15, 0.2) is 41.8 Å². The van der Waals surface area contributed by atoms with Gasteiger partial charge >= 0.3 is 5.97 Å². The Labute approximate surface area is 150 Å². The number of carboxylic acids is 1. The molecule has 0 fully saturated rings. The van der Waals surface area contributed by atoms with E-state index < -0.39 is 12.0 Å². The summed E-state index contributed by atoms with van der Waals surface area (Å²) in [4.78, 5) is 25.9. The highest BCUT2D eigenvalue weighted by molar-refractivity contribution is 7.10. The van der Waals surface area contributed by atoms with E-state index in [0.29, 0.717) is 0 Å². The lowest BCUT2D eigenvalue weighted by Crippen LogP contribution is -2.44. The van der Waals surface area contributed by atoms with Gasteiger partial charge in [0, 0.05) is 10.9 Å². The van der Waals surface area contributed by atoms with Gasteiger partial charge in [0.2, 0.25) is 5.91 Å². The minimum Gasteiger partial charge on any atom is -0.480 e. The number of amides is 1. The number of carbonyl (C=O) groups excluding carboxylic acids is 1. The van der Waals surface area contributed by atoms with Crippen molar-refractivity contribution >= 4 is 23.2 Å². The Kier molecular flexibility index (Phi) is 6.66. The molecular weight excluding hydrogens is 343 g/mol. The summed E-state index contributed by atoms with van der Waals surface area (Å²) in [6.07, 6.45) is 0. The van der Waals surface area contributed by atoms with Crippen LogP contribution in [0.1, 0.15) is 30.3 Å². The van der Waals surface area contributed by atoms with Crippen LogP contribution in [0.25, 0.3) is 0 Å². The normalized spacial score (nSPS) is 12.4. The number of hydrogen-bond acceptors (Lipinski definition) is 4. The van der Waals surface area contributed by atoms with Crippen LogP contribution in [0.4, 0.5) is 4.39 Å². The molecule has 25 heavy (non-hydrogen) atoms. The van der Waals surface area contributed by atoms with E-state index in [1.54, 1.807) is 17.0 Å². The van der Waals surface area contributed by atoms with Crippen LogP contribution in [-0.4, -0.2) is 41.0 Å². The molecule has 1 aromatic heterocycles. The highest BCUT2D eigenvalue weighted by atomic mass is 32.1. The number of aliphatic carboxylic acids is 1. The maximum Gasteiger partial charge on any atom is 0.317 e. The molecule has 0 saturated carbocycles. The van der Waals surface area contributed by atoms with Crippen LogP contribution in [-0.2, 0) is 9.59 Å². The van der Waals surface area contributed by atoms with Crippen molar-refractivity contribution in [2.75, 3.05) is 13.1 Å². The molecule has 5 nitrogen and oxygen atoms in total. The van der Waals surface area contributed by atoms with E-state index in [9.17, 15) is 14.0 Å². The van der Waals surface area contributed by atoms with Crippen molar-refractivity contribution in [1.29, 1.82) is 0 Å². The number of carbonyl (C=O) groups is 2. The third-order valence-corrected chi connectivity index (χ3v) is 4.69. The second-order valence-corrected chi connectivity index (χ2v) is 6.94. The fourth-order valence-corrected chi connectivity index (χ4v) is 3.22. The van der Waals surface area contributed by atoms with Gasteiger partial charge in [-0.25, -0.2) is 4.39 Å². The summed E-state index contributed by atoms with van der Waals surface area (Å²) >= 11 is 1.49. The zero-order valence-corrected chi connectivity index (χ0v) is 14.9. The number of nitrogens with one attached hydrogen (secondary N) is 1. The largest absolute Gasteiger partial charge is 0.480 e. The molecule has 0 radical (unpaired) electrons. The third kappa shape index (κ3) is 5.65. The molecule has 1 heterocycles. The molecule has 0 aliphatic heterocycles. The molecule has 0 saturated heterocycles. The molecular formula is C18H21FN2O3S. The van der Waals surface area contributed by atoms with E-state index in [-0.39, 0.29) is 30.9 Å². The monoisotopic (exact) mass is 364 g/mol. The molecule has 0 bridgehead atoms. The Morgan fingerprint density at radius 1 is 1.20 bits per heavy atom. The highest BCUT2D eigenvalue weighted by Crippen LogP contribution is 2.26. The van der Waals surface area contributed by atoms with E-state index in [1.165, 1.54) is 23.5 Å². The Balaban J connectivity index is 2.15. The van der Waals surface area contributed by atoms with Crippen LogP contribution in [0, 0.1) is 5.82 Å². The SMILES string of the molecule is CC(C)N(CC(=O)O)CC(=O)NC(c1ccc(F)cc1)c1cccs1. The molecule has 1 unspecified atom stereocenters. The summed E-state index contributed by atoms with van der Waals surface area (Å²) in [6, 6.07) is 9.29. The van der Waals surface area contributed by atoms with Crippen molar-refractivity contribution in [3.63, 3.8) is 0 Å². The van der Waals surface area contributed by atoms with Crippen molar-refractivity contribution < 1.29 is 19.1 Å². The first-order valence-electron chi connectivity index (χ1n) is 7.91. The average molecular weight is 364 g/mol. The summed E-state index contributed by atoms with van der Waals surface area (Å²) in [5.41, 5.74) is 0.770. The first kappa shape index (κ1) is 19.1. The molecule has 2 rings (SSSR count). The molecule has 0 spiro atoms. The Morgan fingerprint density at radius 2 is 1.88 bits per heavy atom. The molecule has 7 heteroatoms. The van der Waals surface area contributed by atoms with E-state index in [2.05, 4.69) is 5.32 Å². The van der Waals surface area contributed by atoms with E-state index in [1.807, 2.05) is 31.4 Å². The first-order chi connectivity index (χ1) is 11.9. The lowest BCUT2D eigenvalue weighted by molar-refractivity contribution is -0.139. The van der Waals surface area contributed by atoms with Crippen molar-refractivity contribution in [3.8, 4) is 0 Å². The number of rotatable bonds is 8. The summed E-state index contributed by atoms with van der Waals surface area (Å²) in [5.74, 6) is -1.60. The second-order valence-electron chi connectivity index (χ2n) is 5.96. The van der Waals surface area contributed by atoms with E-state index in [4.69, 9.17) is 5.11 Å². The molecule has 0 aliphatic rings. The van der Waals surface area contributed by atoms with Gasteiger partial charge in [0.05, 0.1) is 19.1 Å². The smallest absolute Gasteiger partial charge is 0.317 e. The predicted octanol–water partition coefficient (Wildman–Crippen LogP) is 2.89. The summed E-state index contributed by atoms with van der Waals surface area (Å²) in [6.45, 7) is 3.46. The van der Waals surface area contributed by atoms with Crippen LogP contribution in [0.3, 0.4) is 0 Å². The summed E-state index contributed by atoms with van der Waals surface area (Å²) in [7, 11) is 0. The lowest BCUT2D eigenvalue weighted by Gasteiger charge is -2.25. The fraction of sp³-hybridized carbons (Fsp3) is 0.333. The zero-order chi connectivity index (χ0) is 18.4. The fourth-order valence-electron chi connectivity index (χ4n) is 2.42. The van der Waals surface area contributed by atoms with E-state index in [0.717, 1.165) is 10.4 Å². The zero-order valence-electron chi connectivity index (χ0n) is 14.1. The summed E-state index contributed by atoms with van der Waals surface area (Å²) in [5, 5.41) is 13.8. The van der Waals surface area contributed by atoms with Gasteiger partial charge in [0.15, 0.2) is 0 Å². The predicted molar refractivity (Wildman–Crippen MR) is 95.0 cm³/mol. The van der Waals surface area contributed by atoms with Crippen molar-refractivity contribution in [2.45, 2.75) is 25.9 Å². The van der Waals surface area contributed by atoms with Gasteiger partial charge in [-0.3, -0.25) is 14.5 Å². The molecule has 2 aromatic rings. The minimum atomic E-state index is -0.977. The van der Waals surface area contributed by atoms with Crippen molar-refractivity contribution in [3.05, 3.63) is 58.0 Å². The van der Waals surface area contributed by atoms with Gasteiger partial charge in [-0.05, 0) is 43.0 Å². The van der Waals surface area contributed by atoms with Gasteiger partial charge in [-0.15, -0.1) is 11.3 Å². The topological polar surface area (TPSA) is 69.6 Å². The highest BCUT2D eigenvalue weighted by Gasteiger charge is 2.21. The quantitative estimate of drug-likeness (QED) is 0.756. The molecule has 1 amide bonds. The number of carboxylic acid groups (broad SMARTS) is 1. The Morgan fingerprint density at radius 3 is 2.40 bits per heavy atom. The number of hydrogen-bond donors (Lipinski definition) is 2. The van der Waals surface area contributed by atoms with Crippen molar-refractivity contribution in [2.24, 2.45) is 0 Å². The number of benzene rings is 1. The maximum atomic E-state index is 13.2. The Hall–Kier alpha value is -2.25. The average Bonchev–Trinajstić information content (AvgIpc) is 3.06. The second kappa shape index (κ2) is 8.73. The van der Waals surface area contributed by atoms with Gasteiger partial charge in [0.25, 0.3) is 0 Å². The first-order valence-corrected chi connectivity index (χ1v) is 8.79. The molecule has 1 aromatic carbocycles. The lowest BCUT2D eigenvalue weighted by atomic mass is 10.1. The third-order valence-electron chi connectivity index (χ3n) is 3.75. The molecule has 0 aliphatic carbocycles. The number of halogens is 1. The number of nitrogens with zero attached hydrogens (tertiary/aromatic N) is 1. The number of thiophene rings is 1.